The molecule has 2 aromatic rings. The number of aryl methyl sites for hydroxylation is 1. The van der Waals surface area contributed by atoms with Crippen molar-refractivity contribution in [1.82, 2.24) is 5.32 Å². The topological polar surface area (TPSA) is 49.3 Å². The molecule has 3 heteroatoms. The predicted octanol–water partition coefficient (Wildman–Crippen LogP) is 2.15. The normalized spacial score (nSPS) is 12.4. The Labute approximate surface area is 106 Å². The number of amides is 1. The number of aliphatic hydroxyl groups excluding tert-OH is 1. The summed E-state index contributed by atoms with van der Waals surface area (Å²) < 4.78 is 0. The van der Waals surface area contributed by atoms with Gasteiger partial charge < -0.3 is 10.4 Å². The molecule has 0 bridgehead atoms. The molecule has 2 N–H and O–H groups in total. The molecular formula is C15H17NO2. The van der Waals surface area contributed by atoms with Crippen molar-refractivity contribution in [2.75, 3.05) is 0 Å². The maximum atomic E-state index is 11.3. The first-order valence-electron chi connectivity index (χ1n) is 6.01. The van der Waals surface area contributed by atoms with E-state index >= 15 is 0 Å². The molecule has 0 aliphatic rings. The molecule has 0 spiro atoms. The van der Waals surface area contributed by atoms with E-state index in [1.807, 2.05) is 12.1 Å². The van der Waals surface area contributed by atoms with Gasteiger partial charge in [-0.3, -0.25) is 4.79 Å². The summed E-state index contributed by atoms with van der Waals surface area (Å²) in [7, 11) is 0. The minimum Gasteiger partial charge on any atom is -0.384 e. The van der Waals surface area contributed by atoms with Gasteiger partial charge in [0.1, 0.15) is 6.10 Å². The van der Waals surface area contributed by atoms with Crippen LogP contribution in [-0.4, -0.2) is 17.1 Å². The van der Waals surface area contributed by atoms with Crippen molar-refractivity contribution in [3.05, 3.63) is 47.5 Å². The fourth-order valence-corrected chi connectivity index (χ4v) is 1.86. The van der Waals surface area contributed by atoms with Gasteiger partial charge >= 0.3 is 0 Å². The van der Waals surface area contributed by atoms with Gasteiger partial charge in [0, 0.05) is 6.54 Å². The van der Waals surface area contributed by atoms with Gasteiger partial charge in [-0.1, -0.05) is 35.9 Å². The molecule has 94 valence electrons. The van der Waals surface area contributed by atoms with Gasteiger partial charge in [-0.05, 0) is 36.2 Å². The van der Waals surface area contributed by atoms with Crippen molar-refractivity contribution < 1.29 is 9.90 Å². The second-order valence-electron chi connectivity index (χ2n) is 4.58. The highest BCUT2D eigenvalue weighted by atomic mass is 16.3. The van der Waals surface area contributed by atoms with E-state index in [0.717, 1.165) is 10.9 Å². The maximum Gasteiger partial charge on any atom is 0.248 e. The summed E-state index contributed by atoms with van der Waals surface area (Å²) in [6, 6.07) is 12.4. The molecule has 0 heterocycles. The zero-order chi connectivity index (χ0) is 13.1. The molecule has 0 aliphatic carbocycles. The Morgan fingerprint density at radius 3 is 2.61 bits per heavy atom. The Hall–Kier alpha value is -1.87. The number of aliphatic hydroxyl groups is 1. The molecule has 18 heavy (non-hydrogen) atoms. The number of hydrogen-bond acceptors (Lipinski definition) is 2. The lowest BCUT2D eigenvalue weighted by molar-refractivity contribution is -0.128. The highest BCUT2D eigenvalue weighted by molar-refractivity contribution is 5.84. The van der Waals surface area contributed by atoms with Gasteiger partial charge in [-0.25, -0.2) is 0 Å². The molecule has 1 unspecified atom stereocenters. The molecule has 3 nitrogen and oxygen atoms in total. The van der Waals surface area contributed by atoms with Crippen LogP contribution >= 0.6 is 0 Å². The Kier molecular flexibility index (Phi) is 3.63. The number of fused-ring (bicyclic) bond motifs is 1. The average Bonchev–Trinajstić information content (AvgIpc) is 2.35. The van der Waals surface area contributed by atoms with Gasteiger partial charge in [-0.15, -0.1) is 0 Å². The van der Waals surface area contributed by atoms with Crippen molar-refractivity contribution in [3.63, 3.8) is 0 Å². The summed E-state index contributed by atoms with van der Waals surface area (Å²) in [5.74, 6) is -0.348. The first-order chi connectivity index (χ1) is 8.56. The van der Waals surface area contributed by atoms with Crippen LogP contribution in [0.3, 0.4) is 0 Å². The predicted molar refractivity (Wildman–Crippen MR) is 72.2 cm³/mol. The molecule has 0 aliphatic heterocycles. The highest BCUT2D eigenvalue weighted by Gasteiger charge is 2.07. The zero-order valence-electron chi connectivity index (χ0n) is 10.6. The van der Waals surface area contributed by atoms with Crippen molar-refractivity contribution in [2.45, 2.75) is 26.5 Å². The molecule has 1 amide bonds. The smallest absolute Gasteiger partial charge is 0.248 e. The van der Waals surface area contributed by atoms with Crippen LogP contribution in [0.25, 0.3) is 10.8 Å². The van der Waals surface area contributed by atoms with Crippen molar-refractivity contribution in [3.8, 4) is 0 Å². The van der Waals surface area contributed by atoms with Gasteiger partial charge in [0.2, 0.25) is 5.91 Å². The minimum atomic E-state index is -0.965. The molecule has 0 saturated carbocycles. The number of rotatable bonds is 3. The summed E-state index contributed by atoms with van der Waals surface area (Å²) in [4.78, 5) is 11.3. The second kappa shape index (κ2) is 5.19. The minimum absolute atomic E-state index is 0.348. The largest absolute Gasteiger partial charge is 0.384 e. The molecule has 0 fully saturated rings. The monoisotopic (exact) mass is 243 g/mol. The van der Waals surface area contributed by atoms with Crippen LogP contribution in [0.2, 0.25) is 0 Å². The lowest BCUT2D eigenvalue weighted by Crippen LogP contribution is -2.31. The fourth-order valence-electron chi connectivity index (χ4n) is 1.86. The molecule has 2 rings (SSSR count). The first kappa shape index (κ1) is 12.6. The van der Waals surface area contributed by atoms with Gasteiger partial charge in [0.25, 0.3) is 0 Å². The number of nitrogens with one attached hydrogen (secondary N) is 1. The van der Waals surface area contributed by atoms with Crippen molar-refractivity contribution >= 4 is 16.7 Å². The molecule has 0 aromatic heterocycles. The van der Waals surface area contributed by atoms with Crippen LogP contribution in [0.1, 0.15) is 18.1 Å². The quantitative estimate of drug-likeness (QED) is 0.867. The van der Waals surface area contributed by atoms with Crippen LogP contribution in [0.5, 0.6) is 0 Å². The number of carbonyl (C=O) groups is 1. The van der Waals surface area contributed by atoms with Crippen LogP contribution in [0.4, 0.5) is 0 Å². The Bertz CT molecular complexity index is 576. The molecule has 0 radical (unpaired) electrons. The summed E-state index contributed by atoms with van der Waals surface area (Å²) in [6.07, 6.45) is -0.965. The van der Waals surface area contributed by atoms with E-state index in [2.05, 4.69) is 36.5 Å². The second-order valence-corrected chi connectivity index (χ2v) is 4.58. The van der Waals surface area contributed by atoms with Gasteiger partial charge in [-0.2, -0.15) is 0 Å². The molecule has 1 atom stereocenters. The van der Waals surface area contributed by atoms with Crippen LogP contribution in [0.15, 0.2) is 36.4 Å². The van der Waals surface area contributed by atoms with Crippen molar-refractivity contribution in [2.24, 2.45) is 0 Å². The van der Waals surface area contributed by atoms with Crippen LogP contribution < -0.4 is 5.32 Å². The van der Waals surface area contributed by atoms with E-state index in [-0.39, 0.29) is 5.91 Å². The first-order valence-corrected chi connectivity index (χ1v) is 6.01. The summed E-state index contributed by atoms with van der Waals surface area (Å²) >= 11 is 0. The molecule has 0 saturated heterocycles. The standard InChI is InChI=1S/C15H17NO2/c1-10-3-5-14-8-12(4-6-13(14)7-10)9-16-15(18)11(2)17/h3-8,11,17H,9H2,1-2H3,(H,16,18). The molecule has 2 aromatic carbocycles. The van der Waals surface area contributed by atoms with Crippen LogP contribution in [0, 0.1) is 6.92 Å². The summed E-state index contributed by atoms with van der Waals surface area (Å²) in [5.41, 5.74) is 2.26. The maximum absolute atomic E-state index is 11.3. The lowest BCUT2D eigenvalue weighted by Gasteiger charge is -2.08. The number of hydrogen-bond donors (Lipinski definition) is 2. The van der Waals surface area contributed by atoms with E-state index in [1.165, 1.54) is 17.9 Å². The zero-order valence-corrected chi connectivity index (χ0v) is 10.6. The third kappa shape index (κ3) is 2.87. The average molecular weight is 243 g/mol. The molecular weight excluding hydrogens is 226 g/mol. The fraction of sp³-hybridized carbons (Fsp3) is 0.267. The summed E-state index contributed by atoms with van der Waals surface area (Å²) in [5, 5.41) is 14.1. The summed E-state index contributed by atoms with van der Waals surface area (Å²) in [6.45, 7) is 3.96. The highest BCUT2D eigenvalue weighted by Crippen LogP contribution is 2.17. The number of carbonyl (C=O) groups excluding carboxylic acids is 1. The Balaban J connectivity index is 2.15. The van der Waals surface area contributed by atoms with Crippen molar-refractivity contribution in [1.29, 1.82) is 0 Å². The number of benzene rings is 2. The van der Waals surface area contributed by atoms with E-state index in [1.54, 1.807) is 0 Å². The third-order valence-corrected chi connectivity index (χ3v) is 2.91. The van der Waals surface area contributed by atoms with E-state index < -0.39 is 6.10 Å². The van der Waals surface area contributed by atoms with E-state index in [0.29, 0.717) is 6.54 Å². The lowest BCUT2D eigenvalue weighted by atomic mass is 10.0. The SMILES string of the molecule is Cc1ccc2cc(CNC(=O)C(C)O)ccc2c1. The van der Waals surface area contributed by atoms with E-state index in [4.69, 9.17) is 5.11 Å². The van der Waals surface area contributed by atoms with E-state index in [9.17, 15) is 4.79 Å². The Morgan fingerprint density at radius 1 is 1.22 bits per heavy atom. The van der Waals surface area contributed by atoms with Crippen LogP contribution in [-0.2, 0) is 11.3 Å². The Morgan fingerprint density at radius 2 is 1.89 bits per heavy atom. The van der Waals surface area contributed by atoms with Gasteiger partial charge in [0.15, 0.2) is 0 Å². The third-order valence-electron chi connectivity index (χ3n) is 2.91. The van der Waals surface area contributed by atoms with Gasteiger partial charge in [0.05, 0.1) is 0 Å².